The van der Waals surface area contributed by atoms with Gasteiger partial charge in [0, 0.05) is 40.8 Å². The number of ketones is 1. The summed E-state index contributed by atoms with van der Waals surface area (Å²) in [6.07, 6.45) is 0. The Balaban J connectivity index is 1.59. The Kier molecular flexibility index (Phi) is 10.9. The number of esters is 1. The van der Waals surface area contributed by atoms with Gasteiger partial charge in [0.15, 0.2) is 17.3 Å². The number of thiophene rings is 1. The van der Waals surface area contributed by atoms with Crippen LogP contribution in [0.2, 0.25) is 15.1 Å². The van der Waals surface area contributed by atoms with Crippen molar-refractivity contribution in [1.82, 2.24) is 0 Å². The van der Waals surface area contributed by atoms with Crippen LogP contribution in [0.5, 0.6) is 17.2 Å². The molecule has 0 aliphatic carbocycles. The maximum absolute atomic E-state index is 13.8. The fourth-order valence-corrected chi connectivity index (χ4v) is 7.96. The molecule has 1 amide bonds. The number of Topliss-reactive ketones (excluding diaryl/α,β-unsaturated/α-hetero) is 1. The smallest absolute Gasteiger partial charge is 0.343 e. The van der Waals surface area contributed by atoms with E-state index in [1.807, 2.05) is 6.92 Å². The summed E-state index contributed by atoms with van der Waals surface area (Å²) in [4.78, 5) is 38.5. The van der Waals surface area contributed by atoms with Gasteiger partial charge in [0.05, 0.1) is 40.6 Å². The van der Waals surface area contributed by atoms with Crippen molar-refractivity contribution in [2.75, 3.05) is 30.4 Å². The van der Waals surface area contributed by atoms with Crippen LogP contribution in [-0.2, 0) is 10.0 Å². The number of nitrogens with one attached hydrogen (secondary N) is 1. The van der Waals surface area contributed by atoms with Gasteiger partial charge in [0.25, 0.3) is 15.9 Å². The highest BCUT2D eigenvalue weighted by Crippen LogP contribution is 2.36. The van der Waals surface area contributed by atoms with Crippen molar-refractivity contribution >= 4 is 85.2 Å². The van der Waals surface area contributed by atoms with Crippen molar-refractivity contribution in [1.29, 1.82) is 0 Å². The molecule has 10 nitrogen and oxygen atoms in total. The zero-order valence-electron chi connectivity index (χ0n) is 25.1. The first kappa shape index (κ1) is 35.1. The molecule has 0 unspecified atom stereocenters. The monoisotopic (exact) mass is 724 g/mol. The summed E-state index contributed by atoms with van der Waals surface area (Å²) >= 11 is 19.5. The van der Waals surface area contributed by atoms with Gasteiger partial charge >= 0.3 is 5.97 Å². The number of halogens is 3. The predicted octanol–water partition coefficient (Wildman–Crippen LogP) is 7.92. The van der Waals surface area contributed by atoms with Gasteiger partial charge < -0.3 is 19.5 Å². The van der Waals surface area contributed by atoms with Crippen LogP contribution in [0.15, 0.2) is 59.5 Å². The van der Waals surface area contributed by atoms with E-state index < -0.39 is 21.9 Å². The van der Waals surface area contributed by atoms with Crippen molar-refractivity contribution in [3.63, 3.8) is 0 Å². The molecule has 0 spiro atoms. The first-order chi connectivity index (χ1) is 21.7. The van der Waals surface area contributed by atoms with Crippen LogP contribution in [0.4, 0.5) is 11.4 Å². The average Bonchev–Trinajstić information content (AvgIpc) is 3.39. The molecule has 46 heavy (non-hydrogen) atoms. The van der Waals surface area contributed by atoms with Gasteiger partial charge in [-0.1, -0.05) is 34.8 Å². The van der Waals surface area contributed by atoms with Crippen LogP contribution in [0, 0.1) is 6.92 Å². The van der Waals surface area contributed by atoms with Crippen LogP contribution in [0.25, 0.3) is 0 Å². The zero-order valence-corrected chi connectivity index (χ0v) is 29.0. The lowest BCUT2D eigenvalue weighted by molar-refractivity contribution is 0.0734. The van der Waals surface area contributed by atoms with Crippen LogP contribution in [0.3, 0.4) is 0 Å². The molecule has 15 heteroatoms. The van der Waals surface area contributed by atoms with E-state index in [1.165, 1.54) is 63.5 Å². The maximum atomic E-state index is 13.8. The van der Waals surface area contributed by atoms with Crippen molar-refractivity contribution in [3.8, 4) is 17.2 Å². The SMILES string of the molecule is CCOc1ccc(N(C)S(=O)(=O)c2cc(C)sc2C(=O)Nc2cc(Cl)cc(C(=O)Oc3cc(Cl)c(C(C)=O)c(Cl)c3)c2)cc1OC. The second kappa shape index (κ2) is 14.3. The molecule has 4 aromatic rings. The van der Waals surface area contributed by atoms with Gasteiger partial charge in [-0.05, 0) is 57.2 Å². The largest absolute Gasteiger partial charge is 0.493 e. The molecule has 0 radical (unpaired) electrons. The lowest BCUT2D eigenvalue weighted by atomic mass is 10.1. The van der Waals surface area contributed by atoms with Gasteiger partial charge in [0.1, 0.15) is 15.5 Å². The van der Waals surface area contributed by atoms with Crippen molar-refractivity contribution in [3.05, 3.63) is 90.5 Å². The molecule has 3 aromatic carbocycles. The molecule has 0 saturated heterocycles. The number of sulfonamides is 1. The Labute approximate surface area is 284 Å². The van der Waals surface area contributed by atoms with E-state index >= 15 is 0 Å². The third-order valence-corrected chi connectivity index (χ3v) is 10.2. The Bertz CT molecular complexity index is 1940. The van der Waals surface area contributed by atoms with Crippen molar-refractivity contribution in [2.45, 2.75) is 25.7 Å². The summed E-state index contributed by atoms with van der Waals surface area (Å²) < 4.78 is 44.8. The van der Waals surface area contributed by atoms with Gasteiger partial charge in [-0.3, -0.25) is 13.9 Å². The number of aryl methyl sites for hydroxylation is 1. The molecular formula is C31H27Cl3N2O8S2. The Morgan fingerprint density at radius 3 is 2.24 bits per heavy atom. The normalized spacial score (nSPS) is 11.1. The molecule has 0 fully saturated rings. The predicted molar refractivity (Wildman–Crippen MR) is 180 cm³/mol. The van der Waals surface area contributed by atoms with E-state index in [2.05, 4.69) is 5.32 Å². The van der Waals surface area contributed by atoms with E-state index in [9.17, 15) is 22.8 Å². The average molecular weight is 726 g/mol. The molecule has 0 aliphatic rings. The molecule has 1 heterocycles. The van der Waals surface area contributed by atoms with E-state index in [4.69, 9.17) is 49.0 Å². The third-order valence-electron chi connectivity index (χ3n) is 6.45. The molecule has 1 aromatic heterocycles. The number of nitrogens with zero attached hydrogens (tertiary/aromatic N) is 1. The standard InChI is InChI=1S/C31H27Cl3N2O8S2/c1-6-43-25-8-7-21(13-26(25)42-5)36(4)46(40,41)27-9-16(2)45-29(27)30(38)35-20-11-18(10-19(32)12-20)31(39)44-22-14-23(33)28(17(3)37)24(34)15-22/h7-15H,6H2,1-5H3,(H,35,38). The summed E-state index contributed by atoms with van der Waals surface area (Å²) in [7, 11) is -1.42. The van der Waals surface area contributed by atoms with E-state index in [1.54, 1.807) is 19.1 Å². The summed E-state index contributed by atoms with van der Waals surface area (Å²) in [6, 6.07) is 12.7. The highest BCUT2D eigenvalue weighted by Gasteiger charge is 2.30. The topological polar surface area (TPSA) is 128 Å². The summed E-state index contributed by atoms with van der Waals surface area (Å²) in [5.74, 6) is -1.18. The van der Waals surface area contributed by atoms with E-state index in [0.717, 1.165) is 15.6 Å². The number of carbonyl (C=O) groups excluding carboxylic acids is 3. The number of hydrogen-bond donors (Lipinski definition) is 1. The van der Waals surface area contributed by atoms with Crippen LogP contribution in [0.1, 0.15) is 49.1 Å². The van der Waals surface area contributed by atoms with Gasteiger partial charge in [-0.15, -0.1) is 11.3 Å². The molecule has 4 rings (SSSR count). The lowest BCUT2D eigenvalue weighted by Crippen LogP contribution is -2.28. The van der Waals surface area contributed by atoms with Crippen molar-refractivity contribution < 1.29 is 37.0 Å². The molecule has 0 saturated carbocycles. The number of hydrogen-bond acceptors (Lipinski definition) is 9. The van der Waals surface area contributed by atoms with Crippen LogP contribution in [-0.4, -0.2) is 46.8 Å². The Morgan fingerprint density at radius 1 is 0.957 bits per heavy atom. The first-order valence-corrected chi connectivity index (χ1v) is 16.8. The van der Waals surface area contributed by atoms with Gasteiger partial charge in [0.2, 0.25) is 0 Å². The maximum Gasteiger partial charge on any atom is 0.343 e. The fourth-order valence-electron chi connectivity index (χ4n) is 4.33. The quantitative estimate of drug-likeness (QED) is 0.0939. The highest BCUT2D eigenvalue weighted by molar-refractivity contribution is 7.93. The molecule has 0 atom stereocenters. The van der Waals surface area contributed by atoms with Gasteiger partial charge in [-0.2, -0.15) is 0 Å². The minimum Gasteiger partial charge on any atom is -0.493 e. The minimum atomic E-state index is -4.23. The zero-order chi connectivity index (χ0) is 33.9. The number of anilines is 2. The number of carbonyl (C=O) groups is 3. The van der Waals surface area contributed by atoms with E-state index in [-0.39, 0.29) is 58.9 Å². The minimum absolute atomic E-state index is 0.00570. The summed E-state index contributed by atoms with van der Waals surface area (Å²) in [6.45, 7) is 5.18. The number of ether oxygens (including phenoxy) is 3. The second-order valence-electron chi connectivity index (χ2n) is 9.68. The number of amides is 1. The fraction of sp³-hybridized carbons (Fsp3) is 0.194. The molecular weight excluding hydrogens is 699 g/mol. The van der Waals surface area contributed by atoms with Crippen LogP contribution >= 0.6 is 46.1 Å². The lowest BCUT2D eigenvalue weighted by Gasteiger charge is -2.21. The number of benzene rings is 3. The Morgan fingerprint density at radius 2 is 1.63 bits per heavy atom. The highest BCUT2D eigenvalue weighted by atomic mass is 35.5. The van der Waals surface area contributed by atoms with Gasteiger partial charge in [-0.25, -0.2) is 13.2 Å². The van der Waals surface area contributed by atoms with Crippen LogP contribution < -0.4 is 23.8 Å². The molecule has 1 N–H and O–H groups in total. The number of methoxy groups -OCH3 is 1. The summed E-state index contributed by atoms with van der Waals surface area (Å²) in [5, 5.41) is 2.72. The second-order valence-corrected chi connectivity index (χ2v) is 14.1. The third kappa shape index (κ3) is 7.59. The van der Waals surface area contributed by atoms with Crippen molar-refractivity contribution in [2.24, 2.45) is 0 Å². The summed E-state index contributed by atoms with van der Waals surface area (Å²) in [5.41, 5.74) is 0.440. The molecule has 0 bridgehead atoms. The number of rotatable bonds is 11. The van der Waals surface area contributed by atoms with E-state index in [0.29, 0.717) is 23.0 Å². The molecule has 0 aliphatic heterocycles. The molecule has 242 valence electrons. The first-order valence-electron chi connectivity index (χ1n) is 13.4. The Hall–Kier alpha value is -3.81.